The summed E-state index contributed by atoms with van der Waals surface area (Å²) in [7, 11) is 0. The number of rotatable bonds is 10. The summed E-state index contributed by atoms with van der Waals surface area (Å²) in [5.74, 6) is 0.892. The van der Waals surface area contributed by atoms with Gasteiger partial charge in [-0.1, -0.05) is 173 Å². The average Bonchev–Trinajstić information content (AvgIpc) is 3.85. The first kappa shape index (κ1) is 40.4. The van der Waals surface area contributed by atoms with E-state index in [1.54, 1.807) is 0 Å². The van der Waals surface area contributed by atoms with Crippen molar-refractivity contribution in [2.75, 3.05) is 9.80 Å². The highest BCUT2D eigenvalue weighted by Gasteiger charge is 2.25. The average molecular weight is 839 g/mol. The van der Waals surface area contributed by atoms with E-state index < -0.39 is 0 Å². The summed E-state index contributed by atoms with van der Waals surface area (Å²) >= 11 is 0. The van der Waals surface area contributed by atoms with Crippen molar-refractivity contribution in [1.82, 2.24) is 0 Å². The van der Waals surface area contributed by atoms with Crippen LogP contribution in [0.4, 0.5) is 34.1 Å². The number of hydrogen-bond acceptors (Lipinski definition) is 2. The van der Waals surface area contributed by atoms with Crippen molar-refractivity contribution in [2.45, 2.75) is 58.8 Å². The fraction of sp³-hybridized carbons (Fsp3) is 0.143. The topological polar surface area (TPSA) is 6.48 Å². The third kappa shape index (κ3) is 7.43. The third-order valence-corrected chi connectivity index (χ3v) is 13.8. The molecule has 0 spiro atoms. The van der Waals surface area contributed by atoms with Gasteiger partial charge in [0.25, 0.3) is 0 Å². The van der Waals surface area contributed by atoms with Gasteiger partial charge in [-0.2, -0.15) is 0 Å². The maximum Gasteiger partial charge on any atom is 0.0546 e. The quantitative estimate of drug-likeness (QED) is 0.127. The molecule has 0 fully saturated rings. The summed E-state index contributed by atoms with van der Waals surface area (Å²) < 4.78 is 0. The highest BCUT2D eigenvalue weighted by molar-refractivity contribution is 6.25. The van der Waals surface area contributed by atoms with E-state index in [1.165, 1.54) is 94.6 Å². The fourth-order valence-electron chi connectivity index (χ4n) is 10.3. The molecule has 2 nitrogen and oxygen atoms in total. The third-order valence-electron chi connectivity index (χ3n) is 13.8. The van der Waals surface area contributed by atoms with Crippen molar-refractivity contribution >= 4 is 66.4 Å². The predicted octanol–water partition coefficient (Wildman–Crippen LogP) is 18.2. The summed E-state index contributed by atoms with van der Waals surface area (Å²) in [6.45, 7) is 9.08. The van der Waals surface area contributed by atoms with Crippen molar-refractivity contribution in [3.63, 3.8) is 0 Å². The number of benzene rings is 10. The lowest BCUT2D eigenvalue weighted by atomic mass is 9.90. The maximum atomic E-state index is 2.51. The zero-order chi connectivity index (χ0) is 44.0. The molecule has 10 aromatic carbocycles. The largest absolute Gasteiger partial charge is 0.310 e. The van der Waals surface area contributed by atoms with Crippen LogP contribution in [-0.2, 0) is 12.8 Å². The van der Waals surface area contributed by atoms with Crippen LogP contribution < -0.4 is 9.80 Å². The number of aryl methyl sites for hydroxylation is 2. The molecule has 0 atom stereocenters. The van der Waals surface area contributed by atoms with Crippen LogP contribution in [0.1, 0.15) is 68.2 Å². The molecule has 0 bridgehead atoms. The van der Waals surface area contributed by atoms with Gasteiger partial charge in [0.15, 0.2) is 0 Å². The van der Waals surface area contributed by atoms with Crippen molar-refractivity contribution in [3.8, 4) is 22.3 Å². The predicted molar refractivity (Wildman–Crippen MR) is 279 cm³/mol. The minimum absolute atomic E-state index is 0.446. The van der Waals surface area contributed by atoms with Gasteiger partial charge >= 0.3 is 0 Å². The molecule has 0 aromatic heterocycles. The molecule has 0 radical (unpaired) electrons. The summed E-state index contributed by atoms with van der Waals surface area (Å²) in [4.78, 5) is 4.99. The van der Waals surface area contributed by atoms with Crippen LogP contribution in [0.3, 0.4) is 0 Å². The van der Waals surface area contributed by atoms with Gasteiger partial charge in [-0.15, -0.1) is 0 Å². The molecule has 0 N–H and O–H groups in total. The van der Waals surface area contributed by atoms with Crippen LogP contribution in [0.2, 0.25) is 0 Å². The van der Waals surface area contributed by atoms with Crippen molar-refractivity contribution in [1.29, 1.82) is 0 Å². The lowest BCUT2D eigenvalue weighted by Crippen LogP contribution is -2.12. The highest BCUT2D eigenvalue weighted by Crippen LogP contribution is 2.50. The molecular formula is C63H54N2. The number of hydrogen-bond donors (Lipinski definition) is 0. The first-order chi connectivity index (χ1) is 31.9. The van der Waals surface area contributed by atoms with Gasteiger partial charge in [-0.3, -0.25) is 0 Å². The monoisotopic (exact) mass is 838 g/mol. The highest BCUT2D eigenvalue weighted by atomic mass is 15.2. The van der Waals surface area contributed by atoms with E-state index in [0.717, 1.165) is 35.6 Å². The van der Waals surface area contributed by atoms with Crippen molar-refractivity contribution in [2.24, 2.45) is 0 Å². The molecule has 1 aliphatic carbocycles. The van der Waals surface area contributed by atoms with E-state index in [9.17, 15) is 0 Å². The molecule has 2 heteroatoms. The molecule has 0 unspecified atom stereocenters. The minimum atomic E-state index is 0.446. The zero-order valence-corrected chi connectivity index (χ0v) is 37.8. The first-order valence-corrected chi connectivity index (χ1v) is 23.4. The normalized spacial score (nSPS) is 12.4. The van der Waals surface area contributed by atoms with Crippen LogP contribution in [0.25, 0.3) is 54.6 Å². The minimum Gasteiger partial charge on any atom is -0.310 e. The molecule has 65 heavy (non-hydrogen) atoms. The van der Waals surface area contributed by atoms with E-state index in [-0.39, 0.29) is 0 Å². The summed E-state index contributed by atoms with van der Waals surface area (Å²) in [6.07, 6.45) is 3.36. The Balaban J connectivity index is 1.17. The standard InChI is InChI=1S/C63H54N2/c1-42(2)44-22-31-51(32-23-44)64(53-35-26-48(27-36-53)46-14-7-5-8-15-46)61-41-60-59(56-19-11-12-20-57(56)61)40-62(58-39-30-50-18-13-21-55(50)63(58)60)65(52-33-24-45(25-34-52)43(3)4)54-37-28-49(29-38-54)47-16-9-6-10-17-47/h5-12,14-17,19-20,22-43H,13,18,21H2,1-4H3. The van der Waals surface area contributed by atoms with Gasteiger partial charge in [-0.25, -0.2) is 0 Å². The molecule has 1 aliphatic rings. The summed E-state index contributed by atoms with van der Waals surface area (Å²) in [5, 5.41) is 7.69. The Morgan fingerprint density at radius 1 is 0.338 bits per heavy atom. The Hall–Kier alpha value is -7.42. The van der Waals surface area contributed by atoms with E-state index in [2.05, 4.69) is 244 Å². The molecule has 0 heterocycles. The second-order valence-corrected chi connectivity index (χ2v) is 18.4. The fourth-order valence-corrected chi connectivity index (χ4v) is 10.3. The Morgan fingerprint density at radius 3 is 1.25 bits per heavy atom. The van der Waals surface area contributed by atoms with Crippen LogP contribution in [0, 0.1) is 0 Å². The van der Waals surface area contributed by atoms with Crippen molar-refractivity contribution in [3.05, 3.63) is 229 Å². The van der Waals surface area contributed by atoms with Gasteiger partial charge in [0.2, 0.25) is 0 Å². The molecule has 0 saturated heterocycles. The zero-order valence-electron chi connectivity index (χ0n) is 37.8. The summed E-state index contributed by atoms with van der Waals surface area (Å²) in [6, 6.07) is 77.0. The molecule has 11 rings (SSSR count). The van der Waals surface area contributed by atoms with Crippen LogP contribution >= 0.6 is 0 Å². The lowest BCUT2D eigenvalue weighted by Gasteiger charge is -2.30. The Labute approximate surface area is 384 Å². The molecule has 10 aromatic rings. The lowest BCUT2D eigenvalue weighted by molar-refractivity contribution is 0.866. The number of fused-ring (bicyclic) bond motifs is 7. The SMILES string of the molecule is CC(C)c1ccc(N(c2ccc(-c3ccccc3)cc2)c2cc3c(cc(N(c4ccc(-c5ccccc5)cc4)c4ccc(C(C)C)cc4)c4ccc5c(c43)CCC5)c3ccccc23)cc1. The van der Waals surface area contributed by atoms with Crippen LogP contribution in [-0.4, -0.2) is 0 Å². The smallest absolute Gasteiger partial charge is 0.0546 e. The first-order valence-electron chi connectivity index (χ1n) is 23.4. The molecule has 0 aliphatic heterocycles. The van der Waals surface area contributed by atoms with E-state index in [0.29, 0.717) is 11.8 Å². The molecular weight excluding hydrogens is 785 g/mol. The van der Waals surface area contributed by atoms with Crippen LogP contribution in [0.5, 0.6) is 0 Å². The Bertz CT molecular complexity index is 3290. The van der Waals surface area contributed by atoms with E-state index in [4.69, 9.17) is 0 Å². The van der Waals surface area contributed by atoms with Gasteiger partial charge in [0.05, 0.1) is 11.4 Å². The maximum absolute atomic E-state index is 2.51. The second kappa shape index (κ2) is 16.9. The Morgan fingerprint density at radius 2 is 0.754 bits per heavy atom. The number of nitrogens with zero attached hydrogens (tertiary/aromatic N) is 2. The van der Waals surface area contributed by atoms with E-state index >= 15 is 0 Å². The molecule has 0 saturated carbocycles. The van der Waals surface area contributed by atoms with Crippen molar-refractivity contribution < 1.29 is 0 Å². The van der Waals surface area contributed by atoms with Crippen LogP contribution in [0.15, 0.2) is 206 Å². The van der Waals surface area contributed by atoms with Gasteiger partial charge in [0.1, 0.15) is 0 Å². The second-order valence-electron chi connectivity index (χ2n) is 18.4. The number of anilines is 6. The summed E-state index contributed by atoms with van der Waals surface area (Å²) in [5.41, 5.74) is 17.4. The Kier molecular flexibility index (Phi) is 10.5. The van der Waals surface area contributed by atoms with E-state index in [1.807, 2.05) is 0 Å². The van der Waals surface area contributed by atoms with Gasteiger partial charge in [-0.05, 0) is 158 Å². The molecule has 316 valence electrons. The van der Waals surface area contributed by atoms with Gasteiger partial charge < -0.3 is 9.80 Å². The van der Waals surface area contributed by atoms with Gasteiger partial charge in [0, 0.05) is 33.5 Å². The molecule has 0 amide bonds.